The second kappa shape index (κ2) is 7.58. The zero-order valence-corrected chi connectivity index (χ0v) is 14.5. The highest BCUT2D eigenvalue weighted by Gasteiger charge is 2.16. The van der Waals surface area contributed by atoms with Crippen molar-refractivity contribution in [3.05, 3.63) is 53.6 Å². The Bertz CT molecular complexity index is 670. The molecule has 0 saturated heterocycles. The lowest BCUT2D eigenvalue weighted by molar-refractivity contribution is 0.304. The van der Waals surface area contributed by atoms with Crippen molar-refractivity contribution in [2.24, 2.45) is 0 Å². The Kier molecular flexibility index (Phi) is 5.26. The summed E-state index contributed by atoms with van der Waals surface area (Å²) in [5.41, 5.74) is 4.84. The first kappa shape index (κ1) is 16.7. The molecule has 2 aromatic carbocycles. The highest BCUT2D eigenvalue weighted by atomic mass is 16.5. The summed E-state index contributed by atoms with van der Waals surface area (Å²) in [5.74, 6) is 1.03. The van der Waals surface area contributed by atoms with Gasteiger partial charge in [0.1, 0.15) is 5.75 Å². The summed E-state index contributed by atoms with van der Waals surface area (Å²) >= 11 is 0. The van der Waals surface area contributed by atoms with E-state index in [1.807, 2.05) is 11.9 Å². The molecular weight excluding hydrogens is 300 g/mol. The Morgan fingerprint density at radius 3 is 2.71 bits per heavy atom. The summed E-state index contributed by atoms with van der Waals surface area (Å²) < 4.78 is 5.60. The molecule has 128 valence electrons. The molecule has 0 radical (unpaired) electrons. The summed E-state index contributed by atoms with van der Waals surface area (Å²) in [6.07, 6.45) is 2.03. The first-order chi connectivity index (χ1) is 11.7. The fourth-order valence-corrected chi connectivity index (χ4v) is 3.14. The highest BCUT2D eigenvalue weighted by molar-refractivity contribution is 5.56. The van der Waals surface area contributed by atoms with Crippen molar-refractivity contribution in [2.45, 2.75) is 25.8 Å². The van der Waals surface area contributed by atoms with Crippen LogP contribution in [0, 0.1) is 0 Å². The molecular formula is C20H26N2O2. The number of hydrogen-bond donors (Lipinski definition) is 2. The van der Waals surface area contributed by atoms with Gasteiger partial charge in [0.25, 0.3) is 0 Å². The number of aliphatic hydroxyl groups excluding tert-OH is 1. The molecule has 0 aliphatic carbocycles. The van der Waals surface area contributed by atoms with Crippen LogP contribution in [0.25, 0.3) is 0 Å². The lowest BCUT2D eigenvalue weighted by Gasteiger charge is -2.21. The number of anilines is 2. The van der Waals surface area contributed by atoms with Gasteiger partial charge < -0.3 is 20.1 Å². The molecule has 0 spiro atoms. The minimum absolute atomic E-state index is 0.163. The number of hydrogen-bond acceptors (Lipinski definition) is 4. The smallest absolute Gasteiger partial charge is 0.122 e. The quantitative estimate of drug-likeness (QED) is 0.816. The molecule has 2 aromatic rings. The van der Waals surface area contributed by atoms with Gasteiger partial charge in [0.2, 0.25) is 0 Å². The van der Waals surface area contributed by atoms with E-state index in [0.717, 1.165) is 36.6 Å². The van der Waals surface area contributed by atoms with Gasteiger partial charge in [-0.2, -0.15) is 0 Å². The number of rotatable bonds is 7. The van der Waals surface area contributed by atoms with Crippen LogP contribution >= 0.6 is 0 Å². The third-order valence-electron chi connectivity index (χ3n) is 4.61. The number of aliphatic hydroxyl groups is 1. The third kappa shape index (κ3) is 3.65. The van der Waals surface area contributed by atoms with Crippen LogP contribution in [0.5, 0.6) is 5.75 Å². The van der Waals surface area contributed by atoms with Crippen molar-refractivity contribution in [2.75, 3.05) is 37.0 Å². The molecule has 1 heterocycles. The van der Waals surface area contributed by atoms with Crippen LogP contribution in [-0.4, -0.2) is 31.9 Å². The molecule has 2 N–H and O–H groups in total. The molecule has 24 heavy (non-hydrogen) atoms. The van der Waals surface area contributed by atoms with Crippen LogP contribution < -0.4 is 15.0 Å². The van der Waals surface area contributed by atoms with Crippen molar-refractivity contribution >= 4 is 11.4 Å². The first-order valence-electron chi connectivity index (χ1n) is 8.65. The monoisotopic (exact) mass is 326 g/mol. The molecule has 0 bridgehead atoms. The van der Waals surface area contributed by atoms with Gasteiger partial charge in [-0.1, -0.05) is 13.0 Å². The number of nitrogens with zero attached hydrogens (tertiary/aromatic N) is 1. The molecule has 1 unspecified atom stereocenters. The van der Waals surface area contributed by atoms with Gasteiger partial charge in [-0.3, -0.25) is 0 Å². The van der Waals surface area contributed by atoms with E-state index >= 15 is 0 Å². The molecule has 4 nitrogen and oxygen atoms in total. The van der Waals surface area contributed by atoms with Crippen LogP contribution in [0.4, 0.5) is 11.4 Å². The van der Waals surface area contributed by atoms with Crippen molar-refractivity contribution in [3.8, 4) is 5.75 Å². The van der Waals surface area contributed by atoms with Gasteiger partial charge in [0, 0.05) is 31.4 Å². The van der Waals surface area contributed by atoms with Crippen LogP contribution in [-0.2, 0) is 6.42 Å². The second-order valence-corrected chi connectivity index (χ2v) is 6.26. The maximum atomic E-state index is 9.03. The summed E-state index contributed by atoms with van der Waals surface area (Å²) in [4.78, 5) is 2.04. The number of ether oxygens (including phenoxy) is 1. The number of benzene rings is 2. The van der Waals surface area contributed by atoms with E-state index in [1.165, 1.54) is 11.1 Å². The van der Waals surface area contributed by atoms with Gasteiger partial charge in [-0.15, -0.1) is 0 Å². The molecule has 0 fully saturated rings. The predicted octanol–water partition coefficient (Wildman–Crippen LogP) is 3.61. The average molecular weight is 326 g/mol. The SMILES string of the molecule is CCC(Nc1ccc(N(C)CCO)cc1)c1ccc2c(c1)CCO2. The summed E-state index contributed by atoms with van der Waals surface area (Å²) in [6.45, 7) is 3.80. The molecule has 0 aromatic heterocycles. The van der Waals surface area contributed by atoms with E-state index in [0.29, 0.717) is 6.54 Å². The second-order valence-electron chi connectivity index (χ2n) is 6.26. The molecule has 0 saturated carbocycles. The fraction of sp³-hybridized carbons (Fsp3) is 0.400. The normalized spacial score (nSPS) is 14.0. The van der Waals surface area contributed by atoms with Gasteiger partial charge in [0.15, 0.2) is 0 Å². The van der Waals surface area contributed by atoms with E-state index in [2.05, 4.69) is 54.7 Å². The third-order valence-corrected chi connectivity index (χ3v) is 4.61. The molecule has 1 atom stereocenters. The predicted molar refractivity (Wildman–Crippen MR) is 99.1 cm³/mol. The minimum atomic E-state index is 0.163. The van der Waals surface area contributed by atoms with Crippen molar-refractivity contribution in [3.63, 3.8) is 0 Å². The van der Waals surface area contributed by atoms with Crippen LogP contribution in [0.3, 0.4) is 0 Å². The number of likely N-dealkylation sites (N-methyl/N-ethyl adjacent to an activating group) is 1. The fourth-order valence-electron chi connectivity index (χ4n) is 3.14. The Hall–Kier alpha value is -2.20. The standard InChI is InChI=1S/C20H26N2O2/c1-3-19(15-4-9-20-16(14-15)10-13-24-20)21-17-5-7-18(8-6-17)22(2)11-12-23/h4-9,14,19,21,23H,3,10-13H2,1-2H3. The van der Waals surface area contributed by atoms with E-state index in [9.17, 15) is 0 Å². The topological polar surface area (TPSA) is 44.7 Å². The van der Waals surface area contributed by atoms with E-state index in [4.69, 9.17) is 9.84 Å². The van der Waals surface area contributed by atoms with Gasteiger partial charge in [-0.05, 0) is 53.9 Å². The summed E-state index contributed by atoms with van der Waals surface area (Å²) in [6, 6.07) is 15.2. The Morgan fingerprint density at radius 2 is 2.00 bits per heavy atom. The van der Waals surface area contributed by atoms with Crippen molar-refractivity contribution < 1.29 is 9.84 Å². The Labute approximate surface area is 144 Å². The van der Waals surface area contributed by atoms with Gasteiger partial charge in [0.05, 0.1) is 19.3 Å². The van der Waals surface area contributed by atoms with Crippen molar-refractivity contribution in [1.82, 2.24) is 0 Å². The minimum Gasteiger partial charge on any atom is -0.493 e. The zero-order chi connectivity index (χ0) is 16.9. The molecule has 1 aliphatic rings. The van der Waals surface area contributed by atoms with Crippen LogP contribution in [0.1, 0.15) is 30.5 Å². The van der Waals surface area contributed by atoms with Crippen LogP contribution in [0.15, 0.2) is 42.5 Å². The lowest BCUT2D eigenvalue weighted by Crippen LogP contribution is -2.21. The zero-order valence-electron chi connectivity index (χ0n) is 14.5. The molecule has 3 rings (SSSR count). The lowest BCUT2D eigenvalue weighted by atomic mass is 10.0. The Balaban J connectivity index is 1.71. The largest absolute Gasteiger partial charge is 0.493 e. The van der Waals surface area contributed by atoms with Crippen LogP contribution in [0.2, 0.25) is 0 Å². The summed E-state index contributed by atoms with van der Waals surface area (Å²) in [7, 11) is 1.99. The maximum absolute atomic E-state index is 9.03. The molecule has 4 heteroatoms. The number of nitrogens with one attached hydrogen (secondary N) is 1. The van der Waals surface area contributed by atoms with E-state index < -0.39 is 0 Å². The number of fused-ring (bicyclic) bond motifs is 1. The maximum Gasteiger partial charge on any atom is 0.122 e. The first-order valence-corrected chi connectivity index (χ1v) is 8.65. The average Bonchev–Trinajstić information content (AvgIpc) is 3.08. The van der Waals surface area contributed by atoms with E-state index in [1.54, 1.807) is 0 Å². The molecule has 1 aliphatic heterocycles. The van der Waals surface area contributed by atoms with Crippen molar-refractivity contribution in [1.29, 1.82) is 0 Å². The Morgan fingerprint density at radius 1 is 1.21 bits per heavy atom. The van der Waals surface area contributed by atoms with E-state index in [-0.39, 0.29) is 12.6 Å². The highest BCUT2D eigenvalue weighted by Crippen LogP contribution is 2.31. The molecule has 0 amide bonds. The van der Waals surface area contributed by atoms with Gasteiger partial charge in [-0.25, -0.2) is 0 Å². The van der Waals surface area contributed by atoms with Gasteiger partial charge >= 0.3 is 0 Å². The summed E-state index contributed by atoms with van der Waals surface area (Å²) in [5, 5.41) is 12.7.